The van der Waals surface area contributed by atoms with Gasteiger partial charge in [0.05, 0.1) is 5.02 Å². The first-order valence-electron chi connectivity index (χ1n) is 8.80. The number of benzene rings is 3. The molecule has 140 valence electrons. The summed E-state index contributed by atoms with van der Waals surface area (Å²) in [5, 5.41) is 1.68. The van der Waals surface area contributed by atoms with E-state index in [4.69, 9.17) is 33.4 Å². The first-order chi connectivity index (χ1) is 13.5. The van der Waals surface area contributed by atoms with Gasteiger partial charge in [0.2, 0.25) is 5.78 Å². The standard InChI is InChI=1S/C23H17Cl2NO2/c1-13-18-7-5-16(15-4-2-3-14(9-15)12-26)10-21(18)28-23(13)22(27)19-8-6-17(24)11-20(19)25/h2-11H,12,26H2,1H3. The van der Waals surface area contributed by atoms with Crippen LogP contribution < -0.4 is 5.73 Å². The van der Waals surface area contributed by atoms with Crippen molar-refractivity contribution in [2.24, 2.45) is 5.73 Å². The monoisotopic (exact) mass is 409 g/mol. The third-order valence-corrected chi connectivity index (χ3v) is 5.36. The van der Waals surface area contributed by atoms with Crippen molar-refractivity contribution in [1.29, 1.82) is 0 Å². The lowest BCUT2D eigenvalue weighted by Gasteiger charge is -2.04. The van der Waals surface area contributed by atoms with E-state index in [1.54, 1.807) is 18.2 Å². The summed E-state index contributed by atoms with van der Waals surface area (Å²) in [6.07, 6.45) is 0. The van der Waals surface area contributed by atoms with Gasteiger partial charge in [-0.05, 0) is 53.9 Å². The van der Waals surface area contributed by atoms with Gasteiger partial charge in [0.15, 0.2) is 5.76 Å². The van der Waals surface area contributed by atoms with Gasteiger partial charge < -0.3 is 10.2 Å². The van der Waals surface area contributed by atoms with Gasteiger partial charge in [0, 0.05) is 28.1 Å². The van der Waals surface area contributed by atoms with Gasteiger partial charge in [-0.2, -0.15) is 0 Å². The molecule has 0 radical (unpaired) electrons. The first-order valence-corrected chi connectivity index (χ1v) is 9.56. The van der Waals surface area contributed by atoms with Crippen molar-refractivity contribution in [2.45, 2.75) is 13.5 Å². The molecule has 4 rings (SSSR count). The van der Waals surface area contributed by atoms with Crippen molar-refractivity contribution >= 4 is 40.0 Å². The first kappa shape index (κ1) is 18.8. The van der Waals surface area contributed by atoms with E-state index in [9.17, 15) is 4.79 Å². The Bertz CT molecular complexity index is 1210. The summed E-state index contributed by atoms with van der Waals surface area (Å²) in [6, 6.07) is 18.8. The number of carbonyl (C=O) groups is 1. The molecule has 3 aromatic carbocycles. The molecule has 3 nitrogen and oxygen atoms in total. The van der Waals surface area contributed by atoms with E-state index in [1.807, 2.05) is 43.3 Å². The Balaban J connectivity index is 1.79. The second-order valence-electron chi connectivity index (χ2n) is 6.62. The van der Waals surface area contributed by atoms with Crippen LogP contribution in [0.15, 0.2) is 65.1 Å². The number of carbonyl (C=O) groups excluding carboxylic acids is 1. The Morgan fingerprint density at radius 2 is 1.79 bits per heavy atom. The van der Waals surface area contributed by atoms with Crippen LogP contribution in [0.25, 0.3) is 22.1 Å². The highest BCUT2D eigenvalue weighted by Gasteiger charge is 2.21. The third kappa shape index (κ3) is 3.33. The smallest absolute Gasteiger partial charge is 0.229 e. The van der Waals surface area contributed by atoms with Gasteiger partial charge in [-0.3, -0.25) is 4.79 Å². The Morgan fingerprint density at radius 3 is 2.54 bits per heavy atom. The number of fused-ring (bicyclic) bond motifs is 1. The minimum atomic E-state index is -0.262. The van der Waals surface area contributed by atoms with Crippen LogP contribution in [0, 0.1) is 6.92 Å². The van der Waals surface area contributed by atoms with Crippen LogP contribution >= 0.6 is 23.2 Å². The SMILES string of the molecule is Cc1c(C(=O)c2ccc(Cl)cc2Cl)oc2cc(-c3cccc(CN)c3)ccc12. The van der Waals surface area contributed by atoms with Crippen LogP contribution in [-0.4, -0.2) is 5.78 Å². The largest absolute Gasteiger partial charge is 0.452 e. The van der Waals surface area contributed by atoms with E-state index in [1.165, 1.54) is 0 Å². The number of furan rings is 1. The number of aryl methyl sites for hydroxylation is 1. The van der Waals surface area contributed by atoms with Gasteiger partial charge in [-0.1, -0.05) is 53.5 Å². The van der Waals surface area contributed by atoms with Crippen molar-refractivity contribution < 1.29 is 9.21 Å². The summed E-state index contributed by atoms with van der Waals surface area (Å²) < 4.78 is 5.95. The van der Waals surface area contributed by atoms with Gasteiger partial charge in [-0.15, -0.1) is 0 Å². The van der Waals surface area contributed by atoms with E-state index < -0.39 is 0 Å². The Kier molecular flexibility index (Phi) is 4.98. The van der Waals surface area contributed by atoms with Gasteiger partial charge in [0.25, 0.3) is 0 Å². The molecule has 0 spiro atoms. The maximum absolute atomic E-state index is 13.0. The van der Waals surface area contributed by atoms with E-state index in [-0.39, 0.29) is 11.5 Å². The fourth-order valence-electron chi connectivity index (χ4n) is 3.30. The molecule has 0 unspecified atom stereocenters. The van der Waals surface area contributed by atoms with E-state index in [2.05, 4.69) is 6.07 Å². The molecule has 0 aliphatic rings. The molecule has 5 heteroatoms. The summed E-state index contributed by atoms with van der Waals surface area (Å²) in [7, 11) is 0. The summed E-state index contributed by atoms with van der Waals surface area (Å²) in [4.78, 5) is 13.0. The fraction of sp³-hybridized carbons (Fsp3) is 0.0870. The molecule has 1 aromatic heterocycles. The third-order valence-electron chi connectivity index (χ3n) is 4.82. The quantitative estimate of drug-likeness (QED) is 0.396. The average Bonchev–Trinajstić information content (AvgIpc) is 3.03. The van der Waals surface area contributed by atoms with E-state index >= 15 is 0 Å². The number of rotatable bonds is 4. The normalized spacial score (nSPS) is 11.1. The molecular formula is C23H17Cl2NO2. The number of ketones is 1. The second-order valence-corrected chi connectivity index (χ2v) is 7.47. The van der Waals surface area contributed by atoms with Crippen LogP contribution in [0.2, 0.25) is 10.0 Å². The molecule has 28 heavy (non-hydrogen) atoms. The van der Waals surface area contributed by atoms with E-state index in [0.29, 0.717) is 27.7 Å². The predicted octanol–water partition coefficient (Wildman–Crippen LogP) is 6.40. The van der Waals surface area contributed by atoms with Gasteiger partial charge >= 0.3 is 0 Å². The summed E-state index contributed by atoms with van der Waals surface area (Å²) >= 11 is 12.1. The molecule has 0 amide bonds. The minimum Gasteiger partial charge on any atom is -0.452 e. The zero-order valence-corrected chi connectivity index (χ0v) is 16.6. The van der Waals surface area contributed by atoms with Crippen LogP contribution in [0.5, 0.6) is 0 Å². The molecule has 0 aliphatic carbocycles. The number of hydrogen-bond acceptors (Lipinski definition) is 3. The molecule has 2 N–H and O–H groups in total. The summed E-state index contributed by atoms with van der Waals surface area (Å²) in [5.41, 5.74) is 10.7. The Morgan fingerprint density at radius 1 is 1.00 bits per heavy atom. The number of hydrogen-bond donors (Lipinski definition) is 1. The summed E-state index contributed by atoms with van der Waals surface area (Å²) in [6.45, 7) is 2.36. The highest BCUT2D eigenvalue weighted by atomic mass is 35.5. The average molecular weight is 410 g/mol. The lowest BCUT2D eigenvalue weighted by molar-refractivity contribution is 0.101. The molecule has 0 atom stereocenters. The molecule has 0 aliphatic heterocycles. The van der Waals surface area contributed by atoms with Crippen LogP contribution in [-0.2, 0) is 6.54 Å². The van der Waals surface area contributed by atoms with Gasteiger partial charge in [-0.25, -0.2) is 0 Å². The minimum absolute atomic E-state index is 0.262. The van der Waals surface area contributed by atoms with Gasteiger partial charge in [0.1, 0.15) is 5.58 Å². The van der Waals surface area contributed by atoms with Crippen molar-refractivity contribution in [1.82, 2.24) is 0 Å². The Labute approximate surface area is 172 Å². The highest BCUT2D eigenvalue weighted by Crippen LogP contribution is 2.33. The molecule has 1 heterocycles. The highest BCUT2D eigenvalue weighted by molar-refractivity contribution is 6.37. The van der Waals surface area contributed by atoms with Crippen molar-refractivity contribution in [3.63, 3.8) is 0 Å². The maximum atomic E-state index is 13.0. The topological polar surface area (TPSA) is 56.2 Å². The second kappa shape index (κ2) is 7.44. The molecule has 0 fully saturated rings. The molecule has 0 saturated heterocycles. The lowest BCUT2D eigenvalue weighted by Crippen LogP contribution is -2.02. The lowest BCUT2D eigenvalue weighted by atomic mass is 10.0. The number of nitrogens with two attached hydrogens (primary N) is 1. The molecular weight excluding hydrogens is 393 g/mol. The molecule has 4 aromatic rings. The number of halogens is 2. The zero-order valence-electron chi connectivity index (χ0n) is 15.1. The molecule has 0 saturated carbocycles. The Hall–Kier alpha value is -2.59. The van der Waals surface area contributed by atoms with Crippen molar-refractivity contribution in [2.75, 3.05) is 0 Å². The van der Waals surface area contributed by atoms with Crippen LogP contribution in [0.3, 0.4) is 0 Å². The van der Waals surface area contributed by atoms with Crippen LogP contribution in [0.4, 0.5) is 0 Å². The maximum Gasteiger partial charge on any atom is 0.229 e. The fourth-order valence-corrected chi connectivity index (χ4v) is 3.79. The summed E-state index contributed by atoms with van der Waals surface area (Å²) in [5.74, 6) is 0.0223. The predicted molar refractivity (Wildman–Crippen MR) is 114 cm³/mol. The van der Waals surface area contributed by atoms with Crippen molar-refractivity contribution in [3.05, 3.63) is 93.2 Å². The zero-order chi connectivity index (χ0) is 19.8. The van der Waals surface area contributed by atoms with E-state index in [0.717, 1.165) is 27.6 Å². The van der Waals surface area contributed by atoms with Crippen molar-refractivity contribution in [3.8, 4) is 11.1 Å². The van der Waals surface area contributed by atoms with Crippen LogP contribution in [0.1, 0.15) is 27.2 Å². The molecule has 0 bridgehead atoms.